The fourth-order valence-corrected chi connectivity index (χ4v) is 1.46. The first-order chi connectivity index (χ1) is 8.35. The molecule has 0 atom stereocenters. The Kier molecular flexibility index (Phi) is 3.49. The second-order valence-electron chi connectivity index (χ2n) is 3.55. The van der Waals surface area contributed by atoms with Crippen LogP contribution in [0.2, 0.25) is 0 Å². The van der Waals surface area contributed by atoms with Crippen LogP contribution in [0, 0.1) is 0 Å². The highest BCUT2D eigenvalue weighted by atomic mass is 16.5. The van der Waals surface area contributed by atoms with Gasteiger partial charge in [0.05, 0.1) is 6.61 Å². The minimum Gasteiger partial charge on any atom is -0.494 e. The van der Waals surface area contributed by atoms with Gasteiger partial charge in [0.1, 0.15) is 11.4 Å². The van der Waals surface area contributed by atoms with Gasteiger partial charge in [0, 0.05) is 5.56 Å². The van der Waals surface area contributed by atoms with E-state index in [1.807, 2.05) is 24.3 Å². The van der Waals surface area contributed by atoms with E-state index < -0.39 is 0 Å². The molecule has 2 rings (SSSR count). The highest BCUT2D eigenvalue weighted by Gasteiger charge is 2.08. The van der Waals surface area contributed by atoms with Crippen molar-refractivity contribution in [2.45, 2.75) is 13.3 Å². The summed E-state index contributed by atoms with van der Waals surface area (Å²) in [5.41, 5.74) is 1.71. The highest BCUT2D eigenvalue weighted by Crippen LogP contribution is 2.21. The maximum atomic E-state index is 10.7. The third kappa shape index (κ3) is 2.50. The molecule has 0 unspecified atom stereocenters. The van der Waals surface area contributed by atoms with E-state index in [2.05, 4.69) is 22.3 Å². The number of nitrogens with zero attached hydrogens (tertiary/aromatic N) is 2. The molecule has 0 radical (unpaired) electrons. The standard InChI is InChI=1S/C12H13N3O2/c1-2-7-17-10-5-3-9(4-6-10)12-11(8-16)13-15-14-12/h3-6,8H,2,7H2,1H3,(H,13,14,15). The summed E-state index contributed by atoms with van der Waals surface area (Å²) >= 11 is 0. The second kappa shape index (κ2) is 5.25. The highest BCUT2D eigenvalue weighted by molar-refractivity contribution is 5.82. The van der Waals surface area contributed by atoms with E-state index in [-0.39, 0.29) is 0 Å². The van der Waals surface area contributed by atoms with Crippen molar-refractivity contribution in [2.24, 2.45) is 0 Å². The Balaban J connectivity index is 2.20. The molecule has 5 heteroatoms. The molecule has 0 amide bonds. The topological polar surface area (TPSA) is 67.9 Å². The van der Waals surface area contributed by atoms with Gasteiger partial charge in [0.15, 0.2) is 12.0 Å². The molecule has 1 aromatic heterocycles. The van der Waals surface area contributed by atoms with Crippen molar-refractivity contribution in [1.29, 1.82) is 0 Å². The van der Waals surface area contributed by atoms with E-state index in [4.69, 9.17) is 4.74 Å². The molecule has 88 valence electrons. The van der Waals surface area contributed by atoms with Gasteiger partial charge in [0.2, 0.25) is 0 Å². The van der Waals surface area contributed by atoms with E-state index in [0.29, 0.717) is 24.3 Å². The molecular weight excluding hydrogens is 218 g/mol. The van der Waals surface area contributed by atoms with Crippen LogP contribution >= 0.6 is 0 Å². The van der Waals surface area contributed by atoms with E-state index in [0.717, 1.165) is 17.7 Å². The van der Waals surface area contributed by atoms with E-state index in [9.17, 15) is 4.79 Å². The lowest BCUT2D eigenvalue weighted by molar-refractivity contribution is 0.111. The van der Waals surface area contributed by atoms with Gasteiger partial charge in [-0.15, -0.1) is 0 Å². The summed E-state index contributed by atoms with van der Waals surface area (Å²) < 4.78 is 5.47. The molecule has 1 N–H and O–H groups in total. The number of aldehydes is 1. The van der Waals surface area contributed by atoms with E-state index in [1.165, 1.54) is 0 Å². The fraction of sp³-hybridized carbons (Fsp3) is 0.250. The Bertz CT molecular complexity index is 491. The zero-order valence-corrected chi connectivity index (χ0v) is 9.51. The normalized spacial score (nSPS) is 10.2. The third-order valence-corrected chi connectivity index (χ3v) is 2.29. The van der Waals surface area contributed by atoms with Crippen molar-refractivity contribution in [1.82, 2.24) is 15.4 Å². The molecule has 1 aromatic carbocycles. The summed E-state index contributed by atoms with van der Waals surface area (Å²) in [5, 5.41) is 10.1. The monoisotopic (exact) mass is 231 g/mol. The largest absolute Gasteiger partial charge is 0.494 e. The molecule has 17 heavy (non-hydrogen) atoms. The molecule has 1 heterocycles. The lowest BCUT2D eigenvalue weighted by atomic mass is 10.1. The van der Waals surface area contributed by atoms with Crippen molar-refractivity contribution >= 4 is 6.29 Å². The van der Waals surface area contributed by atoms with Crippen LogP contribution in [0.5, 0.6) is 5.75 Å². The van der Waals surface area contributed by atoms with Crippen LogP contribution in [0.25, 0.3) is 11.3 Å². The van der Waals surface area contributed by atoms with Crippen molar-refractivity contribution < 1.29 is 9.53 Å². The van der Waals surface area contributed by atoms with Gasteiger partial charge in [-0.1, -0.05) is 6.92 Å². The molecule has 0 aliphatic heterocycles. The summed E-state index contributed by atoms with van der Waals surface area (Å²) in [6.07, 6.45) is 1.65. The van der Waals surface area contributed by atoms with Gasteiger partial charge >= 0.3 is 0 Å². The number of rotatable bonds is 5. The van der Waals surface area contributed by atoms with Gasteiger partial charge in [-0.05, 0) is 30.7 Å². The minimum atomic E-state index is 0.312. The molecule has 0 aliphatic carbocycles. The first-order valence-corrected chi connectivity index (χ1v) is 5.44. The maximum Gasteiger partial charge on any atom is 0.172 e. The maximum absolute atomic E-state index is 10.7. The Morgan fingerprint density at radius 2 is 2.06 bits per heavy atom. The summed E-state index contributed by atoms with van der Waals surface area (Å²) in [6.45, 7) is 2.75. The van der Waals surface area contributed by atoms with Crippen LogP contribution < -0.4 is 4.74 Å². The molecule has 0 fully saturated rings. The van der Waals surface area contributed by atoms with Crippen LogP contribution in [0.1, 0.15) is 23.8 Å². The lowest BCUT2D eigenvalue weighted by Crippen LogP contribution is -1.94. The molecule has 2 aromatic rings. The molecule has 0 saturated carbocycles. The van der Waals surface area contributed by atoms with E-state index in [1.54, 1.807) is 0 Å². The first-order valence-electron chi connectivity index (χ1n) is 5.44. The van der Waals surface area contributed by atoms with Crippen LogP contribution in [-0.4, -0.2) is 28.3 Å². The fourth-order valence-electron chi connectivity index (χ4n) is 1.46. The first kappa shape index (κ1) is 11.3. The number of aromatic amines is 1. The van der Waals surface area contributed by atoms with Crippen LogP contribution in [0.15, 0.2) is 24.3 Å². The van der Waals surface area contributed by atoms with Crippen molar-refractivity contribution in [3.8, 4) is 17.0 Å². The average molecular weight is 231 g/mol. The van der Waals surface area contributed by atoms with Gasteiger partial charge in [-0.3, -0.25) is 4.79 Å². The van der Waals surface area contributed by atoms with Crippen LogP contribution in [0.3, 0.4) is 0 Å². The molecule has 0 spiro atoms. The zero-order chi connectivity index (χ0) is 12.1. The predicted molar refractivity (Wildman–Crippen MR) is 63.0 cm³/mol. The third-order valence-electron chi connectivity index (χ3n) is 2.29. The molecule has 0 aliphatic rings. The van der Waals surface area contributed by atoms with Gasteiger partial charge in [-0.25, -0.2) is 0 Å². The van der Waals surface area contributed by atoms with E-state index >= 15 is 0 Å². The molecule has 0 saturated heterocycles. The molecule has 5 nitrogen and oxygen atoms in total. The summed E-state index contributed by atoms with van der Waals surface area (Å²) in [5.74, 6) is 0.812. The van der Waals surface area contributed by atoms with Crippen molar-refractivity contribution in [3.63, 3.8) is 0 Å². The van der Waals surface area contributed by atoms with Crippen LogP contribution in [-0.2, 0) is 0 Å². The zero-order valence-electron chi connectivity index (χ0n) is 9.51. The summed E-state index contributed by atoms with van der Waals surface area (Å²) in [4.78, 5) is 10.7. The molecule has 0 bridgehead atoms. The number of H-pyrrole nitrogens is 1. The Labute approximate surface area is 98.8 Å². The van der Waals surface area contributed by atoms with Gasteiger partial charge < -0.3 is 4.74 Å². The smallest absolute Gasteiger partial charge is 0.172 e. The Morgan fingerprint density at radius 1 is 1.29 bits per heavy atom. The number of carbonyl (C=O) groups excluding carboxylic acids is 1. The number of hydrogen-bond donors (Lipinski definition) is 1. The van der Waals surface area contributed by atoms with Crippen molar-refractivity contribution in [2.75, 3.05) is 6.61 Å². The average Bonchev–Trinajstić information content (AvgIpc) is 2.85. The number of hydrogen-bond acceptors (Lipinski definition) is 4. The Hall–Kier alpha value is -2.17. The lowest BCUT2D eigenvalue weighted by Gasteiger charge is -2.04. The second-order valence-corrected chi connectivity index (χ2v) is 3.55. The number of aromatic nitrogens is 3. The van der Waals surface area contributed by atoms with Crippen molar-refractivity contribution in [3.05, 3.63) is 30.0 Å². The Morgan fingerprint density at radius 3 is 2.71 bits per heavy atom. The molecular formula is C12H13N3O2. The number of carbonyl (C=O) groups is 1. The predicted octanol–water partition coefficient (Wildman–Crippen LogP) is 2.07. The van der Waals surface area contributed by atoms with Gasteiger partial charge in [-0.2, -0.15) is 15.4 Å². The number of nitrogens with one attached hydrogen (secondary N) is 1. The summed E-state index contributed by atoms with van der Waals surface area (Å²) in [7, 11) is 0. The SMILES string of the molecule is CCCOc1ccc(-c2n[nH]nc2C=O)cc1. The minimum absolute atomic E-state index is 0.312. The summed E-state index contributed by atoms with van der Waals surface area (Å²) in [6, 6.07) is 7.42. The number of ether oxygens (including phenoxy) is 1. The van der Waals surface area contributed by atoms with Gasteiger partial charge in [0.25, 0.3) is 0 Å². The quantitative estimate of drug-likeness (QED) is 0.800. The number of benzene rings is 1. The van der Waals surface area contributed by atoms with Crippen LogP contribution in [0.4, 0.5) is 0 Å².